The quantitative estimate of drug-likeness (QED) is 0.926. The Labute approximate surface area is 122 Å². The maximum absolute atomic E-state index is 12.9. The Hall–Kier alpha value is -0.910. The van der Waals surface area contributed by atoms with Gasteiger partial charge < -0.3 is 5.32 Å². The van der Waals surface area contributed by atoms with Gasteiger partial charge in [-0.1, -0.05) is 19.1 Å². The molecule has 1 aliphatic heterocycles. The lowest BCUT2D eigenvalue weighted by Crippen LogP contribution is -2.34. The van der Waals surface area contributed by atoms with Crippen molar-refractivity contribution in [2.45, 2.75) is 44.7 Å². The number of hydrogen-bond donors (Lipinski definition) is 1. The molecule has 112 valence electrons. The molecule has 0 bridgehead atoms. The molecule has 1 aromatic carbocycles. The van der Waals surface area contributed by atoms with Gasteiger partial charge in [0, 0.05) is 19.1 Å². The van der Waals surface area contributed by atoms with E-state index in [-0.39, 0.29) is 6.04 Å². The lowest BCUT2D eigenvalue weighted by molar-refractivity contribution is 0.405. The molecule has 1 saturated heterocycles. The van der Waals surface area contributed by atoms with Crippen LogP contribution in [-0.2, 0) is 16.6 Å². The minimum absolute atomic E-state index is 0.0855. The van der Waals surface area contributed by atoms with Crippen LogP contribution in [0.15, 0.2) is 23.1 Å². The molecule has 1 aromatic rings. The Morgan fingerprint density at radius 3 is 2.60 bits per heavy atom. The minimum Gasteiger partial charge on any atom is -0.316 e. The molecule has 5 heteroatoms. The van der Waals surface area contributed by atoms with E-state index < -0.39 is 10.0 Å². The summed E-state index contributed by atoms with van der Waals surface area (Å²) in [5.74, 6) is 0.431. The molecule has 2 atom stereocenters. The number of rotatable bonds is 4. The summed E-state index contributed by atoms with van der Waals surface area (Å²) in [5, 5.41) is 3.06. The summed E-state index contributed by atoms with van der Waals surface area (Å²) in [4.78, 5) is 0.450. The predicted octanol–water partition coefficient (Wildman–Crippen LogP) is 2.13. The third-order valence-electron chi connectivity index (χ3n) is 3.95. The molecule has 20 heavy (non-hydrogen) atoms. The first-order chi connectivity index (χ1) is 9.36. The van der Waals surface area contributed by atoms with Crippen molar-refractivity contribution in [3.8, 4) is 0 Å². The van der Waals surface area contributed by atoms with Crippen LogP contribution in [0.5, 0.6) is 0 Å². The van der Waals surface area contributed by atoms with E-state index in [1.54, 1.807) is 10.4 Å². The van der Waals surface area contributed by atoms with Gasteiger partial charge in [-0.3, -0.25) is 0 Å². The first-order valence-electron chi connectivity index (χ1n) is 7.12. The molecule has 1 heterocycles. The number of nitrogens with one attached hydrogen (secondary N) is 1. The molecule has 0 saturated carbocycles. The largest absolute Gasteiger partial charge is 0.316 e. The topological polar surface area (TPSA) is 49.4 Å². The molecule has 4 nitrogen and oxygen atoms in total. The highest BCUT2D eigenvalue weighted by Gasteiger charge is 2.36. The van der Waals surface area contributed by atoms with Crippen molar-refractivity contribution >= 4 is 10.0 Å². The van der Waals surface area contributed by atoms with Crippen molar-refractivity contribution in [1.82, 2.24) is 9.62 Å². The molecule has 0 radical (unpaired) electrons. The molecule has 1 N–H and O–H groups in total. The number of hydrogen-bond acceptors (Lipinski definition) is 3. The van der Waals surface area contributed by atoms with Crippen molar-refractivity contribution in [2.24, 2.45) is 5.92 Å². The molecule has 2 unspecified atom stereocenters. The average molecular weight is 296 g/mol. The summed E-state index contributed by atoms with van der Waals surface area (Å²) in [6.07, 6.45) is 0.939. The predicted molar refractivity (Wildman–Crippen MR) is 81.1 cm³/mol. The number of sulfonamides is 1. The van der Waals surface area contributed by atoms with E-state index in [1.807, 2.05) is 33.0 Å². The number of aryl methyl sites for hydroxylation is 1. The van der Waals surface area contributed by atoms with Crippen LogP contribution < -0.4 is 5.32 Å². The van der Waals surface area contributed by atoms with Gasteiger partial charge in [0.05, 0.1) is 4.90 Å². The zero-order valence-corrected chi connectivity index (χ0v) is 13.5. The Balaban J connectivity index is 2.41. The summed E-state index contributed by atoms with van der Waals surface area (Å²) in [6, 6.07) is 5.75. The van der Waals surface area contributed by atoms with Crippen molar-refractivity contribution < 1.29 is 8.42 Å². The van der Waals surface area contributed by atoms with Crippen molar-refractivity contribution in [3.05, 3.63) is 29.3 Å². The van der Waals surface area contributed by atoms with Gasteiger partial charge in [-0.05, 0) is 50.4 Å². The fraction of sp³-hybridized carbons (Fsp3) is 0.600. The van der Waals surface area contributed by atoms with Crippen LogP contribution in [-0.4, -0.2) is 32.4 Å². The fourth-order valence-corrected chi connectivity index (χ4v) is 5.00. The van der Waals surface area contributed by atoms with E-state index in [0.29, 0.717) is 23.9 Å². The van der Waals surface area contributed by atoms with Gasteiger partial charge in [0.25, 0.3) is 0 Å². The first kappa shape index (κ1) is 15.5. The van der Waals surface area contributed by atoms with E-state index in [0.717, 1.165) is 17.5 Å². The zero-order chi connectivity index (χ0) is 14.9. The SMILES string of the molecule is CNCc1ccc(C)c(S(=O)(=O)N2CC(C)CC2C)c1. The van der Waals surface area contributed by atoms with Gasteiger partial charge in [0.15, 0.2) is 0 Å². The monoisotopic (exact) mass is 296 g/mol. The molecule has 1 aliphatic rings. The second-order valence-electron chi connectivity index (χ2n) is 5.89. The van der Waals surface area contributed by atoms with Crippen LogP contribution in [0.2, 0.25) is 0 Å². The van der Waals surface area contributed by atoms with Crippen LogP contribution in [0.3, 0.4) is 0 Å². The highest BCUT2D eigenvalue weighted by atomic mass is 32.2. The summed E-state index contributed by atoms with van der Waals surface area (Å²) in [6.45, 7) is 7.26. The molecule has 2 rings (SSSR count). The van der Waals surface area contributed by atoms with Gasteiger partial charge in [-0.25, -0.2) is 8.42 Å². The highest BCUT2D eigenvalue weighted by molar-refractivity contribution is 7.89. The van der Waals surface area contributed by atoms with Crippen LogP contribution in [0.1, 0.15) is 31.4 Å². The van der Waals surface area contributed by atoms with Crippen LogP contribution in [0.25, 0.3) is 0 Å². The molecule has 0 spiro atoms. The highest BCUT2D eigenvalue weighted by Crippen LogP contribution is 2.30. The average Bonchev–Trinajstić information content (AvgIpc) is 2.72. The zero-order valence-electron chi connectivity index (χ0n) is 12.7. The maximum atomic E-state index is 12.9. The third kappa shape index (κ3) is 2.90. The van der Waals surface area contributed by atoms with Gasteiger partial charge in [-0.2, -0.15) is 4.31 Å². The van der Waals surface area contributed by atoms with Crippen molar-refractivity contribution in [3.63, 3.8) is 0 Å². The van der Waals surface area contributed by atoms with E-state index in [2.05, 4.69) is 12.2 Å². The lowest BCUT2D eigenvalue weighted by atomic mass is 10.1. The maximum Gasteiger partial charge on any atom is 0.243 e. The summed E-state index contributed by atoms with van der Waals surface area (Å²) >= 11 is 0. The Kier molecular flexibility index (Phi) is 4.52. The van der Waals surface area contributed by atoms with Gasteiger partial charge in [0.2, 0.25) is 10.0 Å². The van der Waals surface area contributed by atoms with E-state index in [9.17, 15) is 8.42 Å². The molecule has 0 amide bonds. The van der Waals surface area contributed by atoms with E-state index >= 15 is 0 Å². The van der Waals surface area contributed by atoms with E-state index in [4.69, 9.17) is 0 Å². The van der Waals surface area contributed by atoms with E-state index in [1.165, 1.54) is 0 Å². The summed E-state index contributed by atoms with van der Waals surface area (Å²) < 4.78 is 27.4. The van der Waals surface area contributed by atoms with Gasteiger partial charge >= 0.3 is 0 Å². The summed E-state index contributed by atoms with van der Waals surface area (Å²) in [5.41, 5.74) is 1.81. The first-order valence-corrected chi connectivity index (χ1v) is 8.56. The third-order valence-corrected chi connectivity index (χ3v) is 6.07. The number of benzene rings is 1. The van der Waals surface area contributed by atoms with Gasteiger partial charge in [0.1, 0.15) is 0 Å². The van der Waals surface area contributed by atoms with Crippen LogP contribution >= 0.6 is 0 Å². The Morgan fingerprint density at radius 1 is 1.35 bits per heavy atom. The second kappa shape index (κ2) is 5.84. The number of nitrogens with zero attached hydrogens (tertiary/aromatic N) is 1. The molecule has 0 aliphatic carbocycles. The van der Waals surface area contributed by atoms with Crippen molar-refractivity contribution in [2.75, 3.05) is 13.6 Å². The fourth-order valence-electron chi connectivity index (χ4n) is 2.96. The Bertz CT molecular complexity index is 584. The molecular weight excluding hydrogens is 272 g/mol. The standard InChI is InChI=1S/C15H24N2O2S/c1-11-7-13(3)17(10-11)20(18,19)15-8-14(9-16-4)6-5-12(15)2/h5-6,8,11,13,16H,7,9-10H2,1-4H3. The van der Waals surface area contributed by atoms with Crippen LogP contribution in [0.4, 0.5) is 0 Å². The Morgan fingerprint density at radius 2 is 2.05 bits per heavy atom. The molecule has 1 fully saturated rings. The normalized spacial score (nSPS) is 24.2. The molecular formula is C15H24N2O2S. The lowest BCUT2D eigenvalue weighted by Gasteiger charge is -2.22. The van der Waals surface area contributed by atoms with Gasteiger partial charge in [-0.15, -0.1) is 0 Å². The van der Waals surface area contributed by atoms with Crippen molar-refractivity contribution in [1.29, 1.82) is 0 Å². The second-order valence-corrected chi connectivity index (χ2v) is 7.75. The van der Waals surface area contributed by atoms with Crippen LogP contribution in [0, 0.1) is 12.8 Å². The molecule has 0 aromatic heterocycles. The summed E-state index contributed by atoms with van der Waals surface area (Å²) in [7, 11) is -1.53. The minimum atomic E-state index is -3.39. The smallest absolute Gasteiger partial charge is 0.243 e.